The van der Waals surface area contributed by atoms with Gasteiger partial charge in [-0.3, -0.25) is 0 Å². The van der Waals surface area contributed by atoms with Gasteiger partial charge in [-0.25, -0.2) is 0 Å². The molecule has 0 fully saturated rings. The maximum Gasteiger partial charge on any atom is 0.171 e. The number of thiophene rings is 2. The third-order valence-electron chi connectivity index (χ3n) is 5.43. The zero-order chi connectivity index (χ0) is 31.1. The SMILES string of the molecule is COc1cscc1OC.SCCSc1ccccc1.c1ccc(SCCSc2cscc2SCCSc2ccccc2)cc1. The van der Waals surface area contributed by atoms with Crippen molar-refractivity contribution in [3.63, 3.8) is 0 Å². The molecular formula is C34H38O2S8. The van der Waals surface area contributed by atoms with E-state index in [1.165, 1.54) is 24.5 Å². The molecule has 0 N–H and O–H groups in total. The molecule has 5 aromatic rings. The van der Waals surface area contributed by atoms with Crippen LogP contribution in [0.4, 0.5) is 0 Å². The first-order chi connectivity index (χ1) is 21.7. The van der Waals surface area contributed by atoms with E-state index in [4.69, 9.17) is 9.47 Å². The highest BCUT2D eigenvalue weighted by Gasteiger charge is 2.06. The van der Waals surface area contributed by atoms with Crippen LogP contribution in [0.5, 0.6) is 11.5 Å². The van der Waals surface area contributed by atoms with Gasteiger partial charge in [0, 0.05) is 74.8 Å². The maximum atomic E-state index is 4.96. The number of rotatable bonds is 15. The fourth-order valence-corrected chi connectivity index (χ4v) is 10.4. The molecule has 0 bridgehead atoms. The van der Waals surface area contributed by atoms with Crippen LogP contribution in [0.25, 0.3) is 0 Å². The second kappa shape index (κ2) is 24.0. The molecule has 44 heavy (non-hydrogen) atoms. The van der Waals surface area contributed by atoms with E-state index in [0.717, 1.165) is 46.0 Å². The van der Waals surface area contributed by atoms with Crippen LogP contribution in [0.15, 0.2) is 137 Å². The van der Waals surface area contributed by atoms with Crippen molar-refractivity contribution in [1.29, 1.82) is 0 Å². The molecule has 0 amide bonds. The number of thiol groups is 1. The topological polar surface area (TPSA) is 18.5 Å². The predicted molar refractivity (Wildman–Crippen MR) is 209 cm³/mol. The molecule has 2 heterocycles. The van der Waals surface area contributed by atoms with E-state index in [2.05, 4.69) is 108 Å². The number of benzene rings is 3. The van der Waals surface area contributed by atoms with Crippen LogP contribution in [0.3, 0.4) is 0 Å². The van der Waals surface area contributed by atoms with Crippen LogP contribution in [0.2, 0.25) is 0 Å². The summed E-state index contributed by atoms with van der Waals surface area (Å²) in [5.74, 6) is 8.26. The summed E-state index contributed by atoms with van der Waals surface area (Å²) >= 11 is 17.2. The van der Waals surface area contributed by atoms with Crippen molar-refractivity contribution in [2.24, 2.45) is 0 Å². The second-order valence-electron chi connectivity index (χ2n) is 8.51. The highest BCUT2D eigenvalue weighted by atomic mass is 32.2. The molecule has 0 atom stereocenters. The van der Waals surface area contributed by atoms with Crippen molar-refractivity contribution < 1.29 is 9.47 Å². The minimum Gasteiger partial charge on any atom is -0.492 e. The molecule has 5 rings (SSSR count). The van der Waals surface area contributed by atoms with Gasteiger partial charge in [0.25, 0.3) is 0 Å². The molecule has 0 saturated heterocycles. The van der Waals surface area contributed by atoms with E-state index in [1.54, 1.807) is 25.6 Å². The summed E-state index contributed by atoms with van der Waals surface area (Å²) in [5.41, 5.74) is 0. The summed E-state index contributed by atoms with van der Waals surface area (Å²) < 4.78 is 9.92. The van der Waals surface area contributed by atoms with Gasteiger partial charge in [0.15, 0.2) is 11.5 Å². The van der Waals surface area contributed by atoms with Crippen molar-refractivity contribution in [2.45, 2.75) is 24.5 Å². The van der Waals surface area contributed by atoms with Gasteiger partial charge in [0.1, 0.15) is 0 Å². The summed E-state index contributed by atoms with van der Waals surface area (Å²) in [4.78, 5) is 6.96. The van der Waals surface area contributed by atoms with Crippen LogP contribution < -0.4 is 9.47 Å². The van der Waals surface area contributed by atoms with Gasteiger partial charge in [0.2, 0.25) is 0 Å². The zero-order valence-corrected chi connectivity index (χ0v) is 31.4. The van der Waals surface area contributed by atoms with Crippen molar-refractivity contribution in [1.82, 2.24) is 0 Å². The van der Waals surface area contributed by atoms with E-state index in [0.29, 0.717) is 0 Å². The highest BCUT2D eigenvalue weighted by Crippen LogP contribution is 2.35. The number of hydrogen-bond acceptors (Lipinski definition) is 10. The van der Waals surface area contributed by atoms with E-state index < -0.39 is 0 Å². The Labute approximate surface area is 298 Å². The van der Waals surface area contributed by atoms with Gasteiger partial charge in [0.05, 0.1) is 14.2 Å². The minimum atomic E-state index is 0.808. The van der Waals surface area contributed by atoms with Gasteiger partial charge in [-0.05, 0) is 42.2 Å². The molecule has 10 heteroatoms. The Hall–Kier alpha value is -1.24. The fraction of sp³-hybridized carbons (Fsp3) is 0.235. The van der Waals surface area contributed by atoms with E-state index >= 15 is 0 Å². The number of methoxy groups -OCH3 is 2. The Bertz CT molecular complexity index is 1300. The molecule has 0 saturated carbocycles. The third kappa shape index (κ3) is 15.4. The fourth-order valence-electron chi connectivity index (χ4n) is 3.39. The van der Waals surface area contributed by atoms with Crippen LogP contribution >= 0.6 is 94.1 Å². The standard InChI is InChI=1S/C20H20S5.C8H10S2.C6H8O2S/c1-3-7-17(8-4-1)22-11-13-24-19-15-21-16-20(19)25-14-12-23-18-9-5-2-6-10-18;9-6-7-10-8-4-2-1-3-5-8;1-7-5-3-9-4-6(5)8-2/h1-10,15-16H,11-14H2;1-5,9H,6-7H2;3-4H,1-2H3. The first-order valence-electron chi connectivity index (χ1n) is 13.8. The lowest BCUT2D eigenvalue weighted by atomic mass is 10.4. The molecule has 2 aromatic heterocycles. The van der Waals surface area contributed by atoms with Gasteiger partial charge in [-0.1, -0.05) is 54.6 Å². The van der Waals surface area contributed by atoms with E-state index in [1.807, 2.05) is 87.0 Å². The summed E-state index contributed by atoms with van der Waals surface area (Å²) in [6.07, 6.45) is 0. The van der Waals surface area contributed by atoms with Crippen LogP contribution in [0.1, 0.15) is 0 Å². The molecule has 0 aliphatic rings. The summed E-state index contributed by atoms with van der Waals surface area (Å²) in [6, 6.07) is 31.7. The lowest BCUT2D eigenvalue weighted by Crippen LogP contribution is -1.86. The Morgan fingerprint density at radius 2 is 0.818 bits per heavy atom. The monoisotopic (exact) mass is 734 g/mol. The Balaban J connectivity index is 0.000000227. The molecular weight excluding hydrogens is 697 g/mol. The first-order valence-corrected chi connectivity index (χ1v) is 21.3. The lowest BCUT2D eigenvalue weighted by Gasteiger charge is -2.05. The number of ether oxygens (including phenoxy) is 2. The third-order valence-corrected chi connectivity index (χ3v) is 13.5. The molecule has 3 aromatic carbocycles. The minimum absolute atomic E-state index is 0.808. The average molecular weight is 735 g/mol. The highest BCUT2D eigenvalue weighted by molar-refractivity contribution is 8.05. The maximum absolute atomic E-state index is 4.96. The summed E-state index contributed by atoms with van der Waals surface area (Å²) in [6.45, 7) is 0. The lowest BCUT2D eigenvalue weighted by molar-refractivity contribution is 0.358. The molecule has 234 valence electrons. The van der Waals surface area contributed by atoms with Gasteiger partial charge in [-0.2, -0.15) is 24.0 Å². The van der Waals surface area contributed by atoms with E-state index in [9.17, 15) is 0 Å². The molecule has 0 spiro atoms. The Kier molecular flexibility index (Phi) is 20.3. The second-order valence-corrected chi connectivity index (χ2v) is 16.2. The molecule has 0 radical (unpaired) electrons. The van der Waals surface area contributed by atoms with Gasteiger partial charge >= 0.3 is 0 Å². The zero-order valence-electron chi connectivity index (χ0n) is 24.8. The molecule has 0 unspecified atom stereocenters. The number of hydrogen-bond donors (Lipinski definition) is 1. The summed E-state index contributed by atoms with van der Waals surface area (Å²) in [7, 11) is 3.26. The van der Waals surface area contributed by atoms with Crippen LogP contribution in [-0.4, -0.2) is 48.7 Å². The predicted octanol–water partition coefficient (Wildman–Crippen LogP) is 12.0. The average Bonchev–Trinajstić information content (AvgIpc) is 3.75. The Morgan fingerprint density at radius 3 is 1.18 bits per heavy atom. The largest absolute Gasteiger partial charge is 0.492 e. The van der Waals surface area contributed by atoms with Crippen LogP contribution in [-0.2, 0) is 0 Å². The van der Waals surface area contributed by atoms with Gasteiger partial charge in [-0.15, -0.1) is 70.1 Å². The van der Waals surface area contributed by atoms with Gasteiger partial charge < -0.3 is 9.47 Å². The first kappa shape index (κ1) is 37.2. The summed E-state index contributed by atoms with van der Waals surface area (Å²) in [5, 5.41) is 8.40. The van der Waals surface area contributed by atoms with Crippen molar-refractivity contribution >= 4 is 94.1 Å². The van der Waals surface area contributed by atoms with E-state index in [-0.39, 0.29) is 0 Å². The van der Waals surface area contributed by atoms with Crippen molar-refractivity contribution in [3.8, 4) is 11.5 Å². The van der Waals surface area contributed by atoms with Crippen molar-refractivity contribution in [3.05, 3.63) is 113 Å². The smallest absolute Gasteiger partial charge is 0.171 e. The normalized spacial score (nSPS) is 10.2. The molecule has 0 aliphatic heterocycles. The van der Waals surface area contributed by atoms with Crippen LogP contribution in [0, 0.1) is 0 Å². The molecule has 0 aliphatic carbocycles. The van der Waals surface area contributed by atoms with Crippen molar-refractivity contribution in [2.75, 3.05) is 48.7 Å². The molecule has 2 nitrogen and oxygen atoms in total. The number of thioether (sulfide) groups is 5. The Morgan fingerprint density at radius 1 is 0.477 bits per heavy atom. The quantitative estimate of drug-likeness (QED) is 0.0647.